The number of carbonyl (C=O) groups is 2. The number of ether oxygens (including phenoxy) is 1. The van der Waals surface area contributed by atoms with E-state index >= 15 is 0 Å². The number of phenolic OH excluding ortho intramolecular Hbond substituents is 1. The van der Waals surface area contributed by atoms with E-state index in [4.69, 9.17) is 4.74 Å². The van der Waals surface area contributed by atoms with Gasteiger partial charge in [-0.25, -0.2) is 0 Å². The second kappa shape index (κ2) is 7.44. The molecular weight excluding hydrogens is 338 g/mol. The number of para-hydroxylation sites is 1. The molecule has 0 saturated carbocycles. The number of thioether (sulfide) groups is 1. The number of rotatable bonds is 5. The number of imide groups is 1. The molecule has 0 unspecified atom stereocenters. The van der Waals surface area contributed by atoms with Crippen molar-refractivity contribution in [2.24, 2.45) is 0 Å². The van der Waals surface area contributed by atoms with Gasteiger partial charge in [0.2, 0.25) is 0 Å². The molecule has 1 aliphatic rings. The summed E-state index contributed by atoms with van der Waals surface area (Å²) in [5.41, 5.74) is 1.32. The Balaban J connectivity index is 1.84. The number of carbonyl (C=O) groups excluding carboxylic acids is 2. The van der Waals surface area contributed by atoms with Crippen LogP contribution in [0, 0.1) is 0 Å². The molecule has 0 aliphatic carbocycles. The quantitative estimate of drug-likeness (QED) is 0.820. The third kappa shape index (κ3) is 3.69. The van der Waals surface area contributed by atoms with Crippen molar-refractivity contribution in [3.63, 3.8) is 0 Å². The smallest absolute Gasteiger partial charge is 0.293 e. The predicted molar refractivity (Wildman–Crippen MR) is 97.2 cm³/mol. The highest BCUT2D eigenvalue weighted by Crippen LogP contribution is 2.37. The molecule has 128 valence electrons. The van der Waals surface area contributed by atoms with Crippen LogP contribution < -0.4 is 4.74 Å². The van der Waals surface area contributed by atoms with Crippen LogP contribution in [0.15, 0.2) is 53.4 Å². The Labute approximate surface area is 149 Å². The molecule has 1 aliphatic heterocycles. The van der Waals surface area contributed by atoms with E-state index in [9.17, 15) is 14.7 Å². The van der Waals surface area contributed by atoms with Gasteiger partial charge in [-0.05, 0) is 36.4 Å². The lowest BCUT2D eigenvalue weighted by Gasteiger charge is -2.12. The number of amides is 2. The first kappa shape index (κ1) is 17.1. The molecule has 0 bridgehead atoms. The summed E-state index contributed by atoms with van der Waals surface area (Å²) in [5, 5.41) is 9.93. The molecule has 2 aromatic rings. The summed E-state index contributed by atoms with van der Waals surface area (Å²) in [5.74, 6) is -0.0564. The van der Waals surface area contributed by atoms with Gasteiger partial charge >= 0.3 is 0 Å². The van der Waals surface area contributed by atoms with Gasteiger partial charge in [-0.1, -0.05) is 42.5 Å². The summed E-state index contributed by atoms with van der Waals surface area (Å²) in [6, 6.07) is 14.4. The van der Waals surface area contributed by atoms with Crippen LogP contribution in [0.1, 0.15) is 18.1 Å². The first-order valence-electron chi connectivity index (χ1n) is 7.84. The number of hydrogen-bond donors (Lipinski definition) is 1. The van der Waals surface area contributed by atoms with E-state index in [0.717, 1.165) is 17.3 Å². The minimum Gasteiger partial charge on any atom is -0.504 e. The fourth-order valence-electron chi connectivity index (χ4n) is 2.47. The van der Waals surface area contributed by atoms with Crippen molar-refractivity contribution >= 4 is 29.0 Å². The molecule has 5 nitrogen and oxygen atoms in total. The zero-order chi connectivity index (χ0) is 17.8. The molecule has 3 rings (SSSR count). The molecule has 1 saturated heterocycles. The third-order valence-corrected chi connectivity index (χ3v) is 4.58. The lowest BCUT2D eigenvalue weighted by atomic mass is 10.1. The van der Waals surface area contributed by atoms with Gasteiger partial charge in [-0.15, -0.1) is 0 Å². The second-order valence-electron chi connectivity index (χ2n) is 5.38. The normalized spacial score (nSPS) is 15.9. The molecule has 2 amide bonds. The van der Waals surface area contributed by atoms with E-state index in [-0.39, 0.29) is 28.3 Å². The molecule has 0 radical (unpaired) electrons. The predicted octanol–water partition coefficient (Wildman–Crippen LogP) is 4.03. The molecular formula is C19H17NO4S. The van der Waals surface area contributed by atoms with Crippen LogP contribution in [0.25, 0.3) is 6.08 Å². The zero-order valence-corrected chi connectivity index (χ0v) is 14.5. The van der Waals surface area contributed by atoms with Crippen molar-refractivity contribution in [2.45, 2.75) is 13.5 Å². The highest BCUT2D eigenvalue weighted by molar-refractivity contribution is 8.18. The Bertz CT molecular complexity index is 833. The summed E-state index contributed by atoms with van der Waals surface area (Å²) in [4.78, 5) is 26.2. The summed E-state index contributed by atoms with van der Waals surface area (Å²) in [6.07, 6.45) is 1.52. The van der Waals surface area contributed by atoms with Crippen molar-refractivity contribution in [2.75, 3.05) is 6.61 Å². The van der Waals surface area contributed by atoms with Gasteiger partial charge in [0.25, 0.3) is 11.1 Å². The molecule has 1 N–H and O–H groups in total. The lowest BCUT2D eigenvalue weighted by molar-refractivity contribution is -0.123. The van der Waals surface area contributed by atoms with Gasteiger partial charge in [0.05, 0.1) is 18.1 Å². The highest BCUT2D eigenvalue weighted by Gasteiger charge is 2.35. The van der Waals surface area contributed by atoms with Gasteiger partial charge in [-0.3, -0.25) is 14.5 Å². The lowest BCUT2D eigenvalue weighted by Crippen LogP contribution is -2.27. The van der Waals surface area contributed by atoms with Crippen LogP contribution >= 0.6 is 11.8 Å². The topological polar surface area (TPSA) is 66.8 Å². The minimum atomic E-state index is -0.361. The highest BCUT2D eigenvalue weighted by atomic mass is 32.2. The van der Waals surface area contributed by atoms with Crippen molar-refractivity contribution in [3.05, 3.63) is 64.6 Å². The molecule has 2 aromatic carbocycles. The van der Waals surface area contributed by atoms with Crippen LogP contribution in [0.5, 0.6) is 11.5 Å². The zero-order valence-electron chi connectivity index (χ0n) is 13.6. The minimum absolute atomic E-state index is 0.0424. The average molecular weight is 355 g/mol. The summed E-state index contributed by atoms with van der Waals surface area (Å²) >= 11 is 0.870. The van der Waals surface area contributed by atoms with Gasteiger partial charge in [0.15, 0.2) is 11.5 Å². The second-order valence-corrected chi connectivity index (χ2v) is 6.37. The average Bonchev–Trinajstić information content (AvgIpc) is 2.87. The van der Waals surface area contributed by atoms with Crippen molar-refractivity contribution in [1.82, 2.24) is 4.90 Å². The van der Waals surface area contributed by atoms with Crippen LogP contribution in [0.4, 0.5) is 4.79 Å². The van der Waals surface area contributed by atoms with Gasteiger partial charge in [-0.2, -0.15) is 0 Å². The van der Waals surface area contributed by atoms with Gasteiger partial charge < -0.3 is 9.84 Å². The van der Waals surface area contributed by atoms with Crippen molar-refractivity contribution in [1.29, 1.82) is 0 Å². The number of nitrogens with zero attached hydrogens (tertiary/aromatic N) is 1. The molecule has 1 fully saturated rings. The Hall–Kier alpha value is -2.73. The fourth-order valence-corrected chi connectivity index (χ4v) is 3.30. The number of aromatic hydroxyl groups is 1. The Morgan fingerprint density at radius 2 is 1.88 bits per heavy atom. The van der Waals surface area contributed by atoms with Crippen molar-refractivity contribution in [3.8, 4) is 11.5 Å². The standard InChI is InChI=1S/C19H17NO4S/c1-2-24-15-10-6-9-14(17(15)21)11-16-18(22)20(19(23)25-16)12-13-7-4-3-5-8-13/h3-11,21H,2,12H2,1H3. The first-order chi connectivity index (χ1) is 12.1. The summed E-state index contributed by atoms with van der Waals surface area (Å²) in [6.45, 7) is 2.47. The largest absolute Gasteiger partial charge is 0.504 e. The third-order valence-electron chi connectivity index (χ3n) is 3.67. The fraction of sp³-hybridized carbons (Fsp3) is 0.158. The molecule has 0 aromatic heterocycles. The maximum absolute atomic E-state index is 12.5. The molecule has 1 heterocycles. The van der Waals surface area contributed by atoms with E-state index in [1.54, 1.807) is 18.2 Å². The SMILES string of the molecule is CCOc1cccc(C=C2SC(=O)N(Cc3ccccc3)C2=O)c1O. The van der Waals surface area contributed by atoms with Crippen LogP contribution in [0.3, 0.4) is 0 Å². The van der Waals surface area contributed by atoms with Crippen LogP contribution in [0.2, 0.25) is 0 Å². The maximum Gasteiger partial charge on any atom is 0.293 e. The molecule has 6 heteroatoms. The van der Waals surface area contributed by atoms with E-state index in [2.05, 4.69) is 0 Å². The molecule has 0 atom stereocenters. The summed E-state index contributed by atoms with van der Waals surface area (Å²) in [7, 11) is 0. The first-order valence-corrected chi connectivity index (χ1v) is 8.66. The van der Waals surface area contributed by atoms with E-state index in [1.807, 2.05) is 37.3 Å². The molecule has 25 heavy (non-hydrogen) atoms. The van der Waals surface area contributed by atoms with E-state index in [1.165, 1.54) is 11.0 Å². The maximum atomic E-state index is 12.5. The monoisotopic (exact) mass is 355 g/mol. The Morgan fingerprint density at radius 1 is 1.12 bits per heavy atom. The Kier molecular flexibility index (Phi) is 5.09. The number of phenols is 1. The van der Waals surface area contributed by atoms with Gasteiger partial charge in [0, 0.05) is 5.56 Å². The molecule has 0 spiro atoms. The van der Waals surface area contributed by atoms with Crippen LogP contribution in [-0.2, 0) is 11.3 Å². The van der Waals surface area contributed by atoms with Crippen LogP contribution in [-0.4, -0.2) is 27.8 Å². The number of benzene rings is 2. The Morgan fingerprint density at radius 3 is 2.60 bits per heavy atom. The van der Waals surface area contributed by atoms with Crippen molar-refractivity contribution < 1.29 is 19.4 Å². The van der Waals surface area contributed by atoms with E-state index in [0.29, 0.717) is 17.9 Å². The summed E-state index contributed by atoms with van der Waals surface area (Å²) < 4.78 is 5.34. The van der Waals surface area contributed by atoms with E-state index < -0.39 is 0 Å². The van der Waals surface area contributed by atoms with Gasteiger partial charge in [0.1, 0.15) is 0 Å². The number of hydrogen-bond acceptors (Lipinski definition) is 5.